The van der Waals surface area contributed by atoms with Crippen LogP contribution in [0.1, 0.15) is 5.56 Å². The lowest BCUT2D eigenvalue weighted by molar-refractivity contribution is 0.413. The Kier molecular flexibility index (Phi) is 3.95. The summed E-state index contributed by atoms with van der Waals surface area (Å²) in [6.45, 7) is 0. The summed E-state index contributed by atoms with van der Waals surface area (Å²) in [6.07, 6.45) is 0. The van der Waals surface area contributed by atoms with Crippen LogP contribution in [-0.4, -0.2) is 13.0 Å². The number of ether oxygens (including phenoxy) is 1. The van der Waals surface area contributed by atoms with Gasteiger partial charge in [-0.2, -0.15) is 0 Å². The minimum atomic E-state index is 0.301. The molecule has 0 bridgehead atoms. The molecule has 0 aliphatic heterocycles. The van der Waals surface area contributed by atoms with Gasteiger partial charge in [-0.3, -0.25) is 0 Å². The van der Waals surface area contributed by atoms with Crippen molar-refractivity contribution < 1.29 is 4.74 Å². The van der Waals surface area contributed by atoms with Gasteiger partial charge in [-0.25, -0.2) is 0 Å². The molecule has 3 heteroatoms. The molecule has 0 fully saturated rings. The SMILES string of the molecule is COc1ccc(Cl)cc1C#CCCl. The lowest BCUT2D eigenvalue weighted by atomic mass is 10.2. The molecule has 0 N–H and O–H groups in total. The van der Waals surface area contributed by atoms with Gasteiger partial charge in [0.15, 0.2) is 0 Å². The Labute approximate surface area is 87.6 Å². The molecule has 0 aliphatic rings. The van der Waals surface area contributed by atoms with Gasteiger partial charge in [0.25, 0.3) is 0 Å². The zero-order valence-corrected chi connectivity index (χ0v) is 8.62. The van der Waals surface area contributed by atoms with Crippen LogP contribution in [0.15, 0.2) is 18.2 Å². The van der Waals surface area contributed by atoms with E-state index in [0.29, 0.717) is 16.7 Å². The van der Waals surface area contributed by atoms with E-state index in [2.05, 4.69) is 11.8 Å². The van der Waals surface area contributed by atoms with Crippen molar-refractivity contribution in [2.24, 2.45) is 0 Å². The summed E-state index contributed by atoms with van der Waals surface area (Å²) in [4.78, 5) is 0. The molecule has 0 amide bonds. The number of rotatable bonds is 1. The van der Waals surface area contributed by atoms with Gasteiger partial charge in [0.05, 0.1) is 18.6 Å². The molecule has 13 heavy (non-hydrogen) atoms. The molecule has 1 aromatic carbocycles. The Balaban J connectivity index is 3.08. The highest BCUT2D eigenvalue weighted by Crippen LogP contribution is 2.21. The fraction of sp³-hybridized carbons (Fsp3) is 0.200. The van der Waals surface area contributed by atoms with Gasteiger partial charge in [-0.1, -0.05) is 23.4 Å². The van der Waals surface area contributed by atoms with Crippen LogP contribution in [0.2, 0.25) is 5.02 Å². The average molecular weight is 215 g/mol. The molecule has 0 unspecified atom stereocenters. The standard InChI is InChI=1S/C10H8Cl2O/c1-13-10-5-4-9(12)7-8(10)3-2-6-11/h4-5,7H,6H2,1H3. The van der Waals surface area contributed by atoms with Crippen LogP contribution in [0.5, 0.6) is 5.75 Å². The zero-order chi connectivity index (χ0) is 9.68. The maximum atomic E-state index is 5.80. The lowest BCUT2D eigenvalue weighted by Gasteiger charge is -2.02. The lowest BCUT2D eigenvalue weighted by Crippen LogP contribution is -1.87. The van der Waals surface area contributed by atoms with Gasteiger partial charge in [-0.05, 0) is 18.2 Å². The number of halogens is 2. The number of hydrogen-bond acceptors (Lipinski definition) is 1. The van der Waals surface area contributed by atoms with Crippen LogP contribution in [0, 0.1) is 11.8 Å². The second-order valence-electron chi connectivity index (χ2n) is 2.28. The Hall–Kier alpha value is -0.840. The van der Waals surface area contributed by atoms with Crippen molar-refractivity contribution in [1.29, 1.82) is 0 Å². The number of alkyl halides is 1. The van der Waals surface area contributed by atoms with Crippen LogP contribution in [0.4, 0.5) is 0 Å². The molecule has 0 radical (unpaired) electrons. The van der Waals surface area contributed by atoms with Crippen molar-refractivity contribution in [1.82, 2.24) is 0 Å². The van der Waals surface area contributed by atoms with E-state index in [9.17, 15) is 0 Å². The predicted octanol–water partition coefficient (Wildman–Crippen LogP) is 2.94. The number of methoxy groups -OCH3 is 1. The van der Waals surface area contributed by atoms with E-state index in [0.717, 1.165) is 5.56 Å². The molecular formula is C10H8Cl2O. The quantitative estimate of drug-likeness (QED) is 0.517. The van der Waals surface area contributed by atoms with Crippen molar-refractivity contribution in [3.63, 3.8) is 0 Å². The molecule has 0 spiro atoms. The van der Waals surface area contributed by atoms with E-state index < -0.39 is 0 Å². The highest BCUT2D eigenvalue weighted by molar-refractivity contribution is 6.30. The van der Waals surface area contributed by atoms with E-state index in [1.54, 1.807) is 25.3 Å². The molecule has 0 saturated heterocycles. The molecule has 1 nitrogen and oxygen atoms in total. The summed E-state index contributed by atoms with van der Waals surface area (Å²) in [5.41, 5.74) is 0.760. The molecule has 0 saturated carbocycles. The Morgan fingerprint density at radius 1 is 1.46 bits per heavy atom. The fourth-order valence-electron chi connectivity index (χ4n) is 0.907. The maximum absolute atomic E-state index is 5.80. The second kappa shape index (κ2) is 5.01. The van der Waals surface area contributed by atoms with Crippen LogP contribution >= 0.6 is 23.2 Å². The summed E-state index contributed by atoms with van der Waals surface area (Å²) in [7, 11) is 1.59. The fourth-order valence-corrected chi connectivity index (χ4v) is 1.15. The third kappa shape index (κ3) is 2.84. The van der Waals surface area contributed by atoms with Crippen LogP contribution in [-0.2, 0) is 0 Å². The van der Waals surface area contributed by atoms with Gasteiger partial charge in [-0.15, -0.1) is 11.6 Å². The first-order chi connectivity index (χ1) is 6.27. The largest absolute Gasteiger partial charge is 0.495 e. The molecule has 0 aliphatic carbocycles. The Morgan fingerprint density at radius 3 is 2.85 bits per heavy atom. The highest BCUT2D eigenvalue weighted by atomic mass is 35.5. The van der Waals surface area contributed by atoms with Crippen molar-refractivity contribution in [3.8, 4) is 17.6 Å². The first-order valence-corrected chi connectivity index (χ1v) is 4.57. The van der Waals surface area contributed by atoms with E-state index in [-0.39, 0.29) is 0 Å². The van der Waals surface area contributed by atoms with E-state index >= 15 is 0 Å². The van der Waals surface area contributed by atoms with E-state index in [1.807, 2.05) is 0 Å². The average Bonchev–Trinajstić information content (AvgIpc) is 2.15. The second-order valence-corrected chi connectivity index (χ2v) is 2.98. The van der Waals surface area contributed by atoms with Gasteiger partial charge < -0.3 is 4.74 Å². The molecular weight excluding hydrogens is 207 g/mol. The molecule has 0 aromatic heterocycles. The summed E-state index contributed by atoms with van der Waals surface area (Å²) >= 11 is 11.2. The summed E-state index contributed by atoms with van der Waals surface area (Å²) in [6, 6.07) is 5.28. The van der Waals surface area contributed by atoms with Crippen LogP contribution in [0.25, 0.3) is 0 Å². The highest BCUT2D eigenvalue weighted by Gasteiger charge is 1.99. The molecule has 1 rings (SSSR count). The Morgan fingerprint density at radius 2 is 2.23 bits per heavy atom. The normalized spacial score (nSPS) is 8.85. The summed E-state index contributed by atoms with van der Waals surface area (Å²) in [5, 5.41) is 0.639. The van der Waals surface area contributed by atoms with Crippen LogP contribution < -0.4 is 4.74 Å². The molecule has 1 aromatic rings. The summed E-state index contributed by atoms with van der Waals surface area (Å²) < 4.78 is 5.09. The minimum Gasteiger partial charge on any atom is -0.495 e. The van der Waals surface area contributed by atoms with Crippen LogP contribution in [0.3, 0.4) is 0 Å². The number of benzene rings is 1. The summed E-state index contributed by atoms with van der Waals surface area (Å²) in [5.74, 6) is 6.62. The first kappa shape index (κ1) is 10.2. The van der Waals surface area contributed by atoms with Gasteiger partial charge in [0, 0.05) is 5.02 Å². The van der Waals surface area contributed by atoms with E-state index in [4.69, 9.17) is 27.9 Å². The monoisotopic (exact) mass is 214 g/mol. The van der Waals surface area contributed by atoms with E-state index in [1.165, 1.54) is 0 Å². The zero-order valence-electron chi connectivity index (χ0n) is 7.10. The molecule has 68 valence electrons. The third-order valence-electron chi connectivity index (χ3n) is 1.45. The van der Waals surface area contributed by atoms with Gasteiger partial charge in [0.1, 0.15) is 5.75 Å². The smallest absolute Gasteiger partial charge is 0.134 e. The first-order valence-electron chi connectivity index (χ1n) is 3.66. The van der Waals surface area contributed by atoms with Crippen molar-refractivity contribution in [3.05, 3.63) is 28.8 Å². The van der Waals surface area contributed by atoms with Gasteiger partial charge >= 0.3 is 0 Å². The predicted molar refractivity (Wildman–Crippen MR) is 55.6 cm³/mol. The molecule has 0 heterocycles. The Bertz CT molecular complexity index is 350. The van der Waals surface area contributed by atoms with Gasteiger partial charge in [0.2, 0.25) is 0 Å². The molecule has 0 atom stereocenters. The number of hydrogen-bond donors (Lipinski definition) is 0. The minimum absolute atomic E-state index is 0.301. The maximum Gasteiger partial charge on any atom is 0.134 e. The topological polar surface area (TPSA) is 9.23 Å². The van der Waals surface area contributed by atoms with Crippen molar-refractivity contribution in [2.75, 3.05) is 13.0 Å². The third-order valence-corrected chi connectivity index (χ3v) is 1.82. The van der Waals surface area contributed by atoms with Crippen molar-refractivity contribution >= 4 is 23.2 Å². The van der Waals surface area contributed by atoms with Crippen molar-refractivity contribution in [2.45, 2.75) is 0 Å².